The molecule has 146 valence electrons. The third-order valence-electron chi connectivity index (χ3n) is 4.90. The second-order valence-electron chi connectivity index (χ2n) is 7.23. The van der Waals surface area contributed by atoms with Crippen molar-refractivity contribution in [2.75, 3.05) is 24.6 Å². The summed E-state index contributed by atoms with van der Waals surface area (Å²) in [5, 5.41) is 11.6. The first-order valence-electron chi connectivity index (χ1n) is 8.86. The van der Waals surface area contributed by atoms with Crippen LogP contribution in [0, 0.1) is 5.41 Å². The van der Waals surface area contributed by atoms with Crippen molar-refractivity contribution in [3.05, 3.63) is 0 Å². The van der Waals surface area contributed by atoms with Crippen molar-refractivity contribution in [1.82, 2.24) is 10.2 Å². The minimum atomic E-state index is -0.804. The quantitative estimate of drug-likeness (QED) is 0.513. The number of nitrogens with zero attached hydrogens (tertiary/aromatic N) is 1. The Hall–Kier alpha value is -1.24. The summed E-state index contributed by atoms with van der Waals surface area (Å²) >= 11 is 1.54. The lowest BCUT2D eigenvalue weighted by atomic mass is 9.73. The highest BCUT2D eigenvalue weighted by molar-refractivity contribution is 7.99. The van der Waals surface area contributed by atoms with Crippen molar-refractivity contribution in [2.24, 2.45) is 5.41 Å². The summed E-state index contributed by atoms with van der Waals surface area (Å²) in [6.07, 6.45) is 0.985. The van der Waals surface area contributed by atoms with Gasteiger partial charge < -0.3 is 15.3 Å². The van der Waals surface area contributed by atoms with Crippen LogP contribution in [0.25, 0.3) is 0 Å². The molecule has 0 bridgehead atoms. The number of nitrogens with one attached hydrogen (secondary N) is 1. The van der Waals surface area contributed by atoms with Gasteiger partial charge in [-0.05, 0) is 13.8 Å². The zero-order chi connectivity index (χ0) is 19.7. The summed E-state index contributed by atoms with van der Waals surface area (Å²) in [7, 11) is 0. The molecule has 2 amide bonds. The molecule has 2 N–H and O–H groups in total. The molecule has 6 nitrogen and oxygen atoms in total. The average molecular weight is 375 g/mol. The van der Waals surface area contributed by atoms with Gasteiger partial charge in [-0.1, -0.05) is 27.7 Å². The zero-order valence-corrected chi connectivity index (χ0v) is 17.3. The zero-order valence-electron chi connectivity index (χ0n) is 16.5. The molecule has 0 heterocycles. The number of hydrogen-bond acceptors (Lipinski definition) is 4. The SMILES string of the molecule is CCC(=O)NCC(C)(C)C(C)(C)N(CCSCCC(=O)O)C(=O)CC. The van der Waals surface area contributed by atoms with Crippen LogP contribution >= 0.6 is 11.8 Å². The van der Waals surface area contributed by atoms with Crippen LogP contribution in [0.1, 0.15) is 60.8 Å². The molecule has 0 rings (SSSR count). The van der Waals surface area contributed by atoms with Gasteiger partial charge in [0.15, 0.2) is 0 Å². The molecule has 0 aromatic rings. The van der Waals surface area contributed by atoms with Gasteiger partial charge in [0.25, 0.3) is 0 Å². The molecule has 25 heavy (non-hydrogen) atoms. The smallest absolute Gasteiger partial charge is 0.304 e. The van der Waals surface area contributed by atoms with Crippen LogP contribution < -0.4 is 5.32 Å². The molecule has 0 spiro atoms. The highest BCUT2D eigenvalue weighted by atomic mass is 32.2. The predicted octanol–water partition coefficient (Wildman–Crippen LogP) is 2.76. The molecule has 0 saturated carbocycles. The lowest BCUT2D eigenvalue weighted by Gasteiger charge is -2.49. The Morgan fingerprint density at radius 3 is 2.12 bits per heavy atom. The van der Waals surface area contributed by atoms with E-state index < -0.39 is 11.5 Å². The average Bonchev–Trinajstić information content (AvgIpc) is 2.54. The molecule has 0 aliphatic carbocycles. The van der Waals surface area contributed by atoms with Crippen molar-refractivity contribution >= 4 is 29.5 Å². The molecule has 7 heteroatoms. The first-order valence-corrected chi connectivity index (χ1v) is 10.0. The molecule has 0 saturated heterocycles. The summed E-state index contributed by atoms with van der Waals surface area (Å²) in [6, 6.07) is 0. The van der Waals surface area contributed by atoms with E-state index in [2.05, 4.69) is 19.2 Å². The van der Waals surface area contributed by atoms with Crippen LogP contribution in [0.15, 0.2) is 0 Å². The predicted molar refractivity (Wildman–Crippen MR) is 103 cm³/mol. The highest BCUT2D eigenvalue weighted by Gasteiger charge is 2.43. The molecule has 0 unspecified atom stereocenters. The van der Waals surface area contributed by atoms with Crippen LogP contribution in [0.5, 0.6) is 0 Å². The molecule has 0 aromatic carbocycles. The molecule has 0 atom stereocenters. The molecule has 0 radical (unpaired) electrons. The van der Waals surface area contributed by atoms with E-state index in [0.717, 1.165) is 0 Å². The van der Waals surface area contributed by atoms with Gasteiger partial charge in [0.05, 0.1) is 6.42 Å². The summed E-state index contributed by atoms with van der Waals surface area (Å²) in [5.41, 5.74) is -0.761. The van der Waals surface area contributed by atoms with Crippen LogP contribution in [0.2, 0.25) is 0 Å². The maximum Gasteiger partial charge on any atom is 0.304 e. The molecule has 0 aromatic heterocycles. The lowest BCUT2D eigenvalue weighted by Crippen LogP contribution is -2.60. The summed E-state index contributed by atoms with van der Waals surface area (Å²) in [6.45, 7) is 12.9. The molecule has 0 aliphatic heterocycles. The van der Waals surface area contributed by atoms with E-state index in [9.17, 15) is 14.4 Å². The second-order valence-corrected chi connectivity index (χ2v) is 8.45. The minimum Gasteiger partial charge on any atom is -0.481 e. The number of carbonyl (C=O) groups excluding carboxylic acids is 2. The molecular formula is C18H34N2O4S. The van der Waals surface area contributed by atoms with Crippen LogP contribution in [0.4, 0.5) is 0 Å². The number of thioether (sulfide) groups is 1. The van der Waals surface area contributed by atoms with Crippen molar-refractivity contribution in [3.8, 4) is 0 Å². The maximum absolute atomic E-state index is 12.5. The summed E-state index contributed by atoms with van der Waals surface area (Å²) in [5.74, 6) is 0.502. The highest BCUT2D eigenvalue weighted by Crippen LogP contribution is 2.36. The normalized spacial score (nSPS) is 11.9. The third kappa shape index (κ3) is 7.67. The largest absolute Gasteiger partial charge is 0.481 e. The van der Waals surface area contributed by atoms with E-state index in [1.807, 2.05) is 32.6 Å². The Morgan fingerprint density at radius 1 is 1.04 bits per heavy atom. The number of carboxylic acids is 1. The summed E-state index contributed by atoms with van der Waals surface area (Å²) in [4.78, 5) is 36.6. The van der Waals surface area contributed by atoms with E-state index in [4.69, 9.17) is 5.11 Å². The molecular weight excluding hydrogens is 340 g/mol. The Balaban J connectivity index is 4.98. The fourth-order valence-corrected chi connectivity index (χ4v) is 3.19. The Kier molecular flexibility index (Phi) is 10.2. The summed E-state index contributed by atoms with van der Waals surface area (Å²) < 4.78 is 0. The van der Waals surface area contributed by atoms with Gasteiger partial charge in [-0.25, -0.2) is 0 Å². The van der Waals surface area contributed by atoms with Crippen LogP contribution in [-0.4, -0.2) is 57.9 Å². The van der Waals surface area contributed by atoms with Gasteiger partial charge >= 0.3 is 5.97 Å². The van der Waals surface area contributed by atoms with Gasteiger partial charge in [-0.3, -0.25) is 14.4 Å². The van der Waals surface area contributed by atoms with Crippen molar-refractivity contribution in [3.63, 3.8) is 0 Å². The third-order valence-corrected chi connectivity index (χ3v) is 5.87. The molecule has 0 aliphatic rings. The number of hydrogen-bond donors (Lipinski definition) is 2. The van der Waals surface area contributed by atoms with Gasteiger partial charge in [0, 0.05) is 48.4 Å². The maximum atomic E-state index is 12.5. The topological polar surface area (TPSA) is 86.7 Å². The number of amides is 2. The van der Waals surface area contributed by atoms with Gasteiger partial charge in [-0.2, -0.15) is 11.8 Å². The van der Waals surface area contributed by atoms with E-state index in [1.165, 1.54) is 0 Å². The second kappa shape index (κ2) is 10.7. The van der Waals surface area contributed by atoms with Gasteiger partial charge in [0.2, 0.25) is 11.8 Å². The fraction of sp³-hybridized carbons (Fsp3) is 0.833. The van der Waals surface area contributed by atoms with Crippen LogP contribution in [-0.2, 0) is 14.4 Å². The number of carboxylic acid groups (broad SMARTS) is 1. The monoisotopic (exact) mass is 374 g/mol. The Bertz CT molecular complexity index is 464. The standard InChI is InChI=1S/C18H34N2O4S/c1-7-14(21)19-13-17(3,4)18(5,6)20(15(22)8-2)10-12-25-11-9-16(23)24/h7-13H2,1-6H3,(H,19,21)(H,23,24). The minimum absolute atomic E-state index is 0.00136. The Labute approximate surface area is 156 Å². The fourth-order valence-electron chi connectivity index (χ4n) is 2.35. The van der Waals surface area contributed by atoms with Crippen molar-refractivity contribution < 1.29 is 19.5 Å². The van der Waals surface area contributed by atoms with E-state index in [1.54, 1.807) is 11.8 Å². The van der Waals surface area contributed by atoms with Crippen LogP contribution in [0.3, 0.4) is 0 Å². The lowest BCUT2D eigenvalue weighted by molar-refractivity contribution is -0.141. The number of rotatable bonds is 12. The van der Waals surface area contributed by atoms with E-state index in [-0.39, 0.29) is 23.7 Å². The van der Waals surface area contributed by atoms with Crippen molar-refractivity contribution in [2.45, 2.75) is 66.3 Å². The van der Waals surface area contributed by atoms with Crippen molar-refractivity contribution in [1.29, 1.82) is 0 Å². The number of carbonyl (C=O) groups is 3. The van der Waals surface area contributed by atoms with E-state index in [0.29, 0.717) is 37.4 Å². The van der Waals surface area contributed by atoms with Gasteiger partial charge in [0.1, 0.15) is 0 Å². The first-order chi connectivity index (χ1) is 11.5. The first kappa shape index (κ1) is 23.8. The van der Waals surface area contributed by atoms with E-state index >= 15 is 0 Å². The number of aliphatic carboxylic acids is 1. The van der Waals surface area contributed by atoms with Gasteiger partial charge in [-0.15, -0.1) is 0 Å². The molecule has 0 fully saturated rings. The Morgan fingerprint density at radius 2 is 1.64 bits per heavy atom.